The number of alkyl halides is 3. The maximum atomic E-state index is 13.2. The Balaban J connectivity index is 1.05. The highest BCUT2D eigenvalue weighted by molar-refractivity contribution is 6.34. The fraction of sp³-hybridized carbons (Fsp3) is 0.364. The number of hydrogen-bond acceptors (Lipinski definition) is 7. The smallest absolute Gasteiger partial charge is 0.417 e. The minimum Gasteiger partial charge on any atom is -0.493 e. The predicted octanol–water partition coefficient (Wildman–Crippen LogP) is 8.58. The third-order valence-electron chi connectivity index (χ3n) is 8.44. The molecule has 0 aliphatic carbocycles. The van der Waals surface area contributed by atoms with E-state index in [0.717, 1.165) is 62.7 Å². The molecule has 1 spiro atoms. The van der Waals surface area contributed by atoms with E-state index in [9.17, 15) is 18.0 Å². The number of fused-ring (bicyclic) bond motifs is 1. The lowest BCUT2D eigenvalue weighted by molar-refractivity contribution is -0.139. The number of urea groups is 1. The standard InChI is InChI=1S/C33H32Cl2F3N5O4/c1-20-13-23-28(16-29(20)46-12-2-9-43-10-7-32(8-11-43)17-45-18-32)39-19-40-30(23)47-22-4-6-27(26(35)15-22)42-31(44)41-21-3-5-25(34)24(14-21)33(36,37)38/h3-6,13-16,19H,2,7-12,17-18H2,1H3,(H2,41,42,44). The Morgan fingerprint density at radius 1 is 1.02 bits per heavy atom. The lowest BCUT2D eigenvalue weighted by atomic mass is 9.77. The highest BCUT2D eigenvalue weighted by Gasteiger charge is 2.40. The van der Waals surface area contributed by atoms with Crippen LogP contribution in [0.2, 0.25) is 10.0 Å². The molecule has 2 fully saturated rings. The van der Waals surface area contributed by atoms with Gasteiger partial charge in [-0.1, -0.05) is 23.2 Å². The molecule has 3 heterocycles. The zero-order valence-corrected chi connectivity index (χ0v) is 26.9. The molecule has 2 aliphatic rings. The Morgan fingerprint density at radius 3 is 2.51 bits per heavy atom. The van der Waals surface area contributed by atoms with Crippen molar-refractivity contribution in [3.05, 3.63) is 76.0 Å². The molecule has 14 heteroatoms. The summed E-state index contributed by atoms with van der Waals surface area (Å²) in [7, 11) is 0. The van der Waals surface area contributed by atoms with Crippen LogP contribution in [0, 0.1) is 12.3 Å². The topological polar surface area (TPSA) is 97.8 Å². The van der Waals surface area contributed by atoms with E-state index in [0.29, 0.717) is 34.6 Å². The molecule has 2 amide bonds. The molecule has 0 bridgehead atoms. The molecule has 0 saturated carbocycles. The maximum Gasteiger partial charge on any atom is 0.417 e. The molecule has 3 aromatic carbocycles. The number of amides is 2. The average molecular weight is 691 g/mol. The first-order valence-corrected chi connectivity index (χ1v) is 15.8. The van der Waals surface area contributed by atoms with Gasteiger partial charge in [0.05, 0.1) is 52.0 Å². The molecule has 9 nitrogen and oxygen atoms in total. The highest BCUT2D eigenvalue weighted by atomic mass is 35.5. The van der Waals surface area contributed by atoms with Crippen molar-refractivity contribution in [3.63, 3.8) is 0 Å². The molecule has 0 atom stereocenters. The summed E-state index contributed by atoms with van der Waals surface area (Å²) < 4.78 is 57.1. The largest absolute Gasteiger partial charge is 0.493 e. The third kappa shape index (κ3) is 7.83. The molecule has 2 aliphatic heterocycles. The highest BCUT2D eigenvalue weighted by Crippen LogP contribution is 2.39. The van der Waals surface area contributed by atoms with E-state index in [4.69, 9.17) is 37.4 Å². The summed E-state index contributed by atoms with van der Waals surface area (Å²) in [5, 5.41) is 5.20. The molecule has 2 saturated heterocycles. The van der Waals surface area contributed by atoms with Crippen LogP contribution in [0.4, 0.5) is 29.3 Å². The second-order valence-corrected chi connectivity index (χ2v) is 12.7. The summed E-state index contributed by atoms with van der Waals surface area (Å²) in [6.07, 6.45) is 0.0588. The SMILES string of the molecule is Cc1cc2c(Oc3ccc(NC(=O)Nc4ccc(Cl)c(C(F)(F)F)c4)c(Cl)c3)ncnc2cc1OCCCN1CCC2(CC1)COC2. The number of piperidine rings is 1. The van der Waals surface area contributed by atoms with Crippen molar-refractivity contribution in [2.45, 2.75) is 32.4 Å². The van der Waals surface area contributed by atoms with E-state index in [2.05, 4.69) is 25.5 Å². The van der Waals surface area contributed by atoms with Crippen molar-refractivity contribution >= 4 is 51.5 Å². The number of anilines is 2. The van der Waals surface area contributed by atoms with Gasteiger partial charge in [0.15, 0.2) is 0 Å². The minimum atomic E-state index is -4.67. The van der Waals surface area contributed by atoms with Crippen molar-refractivity contribution in [1.82, 2.24) is 14.9 Å². The number of benzene rings is 3. The molecular formula is C33H32Cl2F3N5O4. The van der Waals surface area contributed by atoms with Gasteiger partial charge in [0, 0.05) is 29.8 Å². The Labute approximate surface area is 279 Å². The van der Waals surface area contributed by atoms with Gasteiger partial charge in [0.1, 0.15) is 17.8 Å². The normalized spacial score (nSPS) is 16.1. The van der Waals surface area contributed by atoms with Gasteiger partial charge in [-0.25, -0.2) is 14.8 Å². The van der Waals surface area contributed by atoms with E-state index in [1.54, 1.807) is 6.07 Å². The molecule has 0 unspecified atom stereocenters. The molecule has 248 valence electrons. The van der Waals surface area contributed by atoms with Crippen LogP contribution in [0.3, 0.4) is 0 Å². The van der Waals surface area contributed by atoms with Crippen LogP contribution in [0.1, 0.15) is 30.4 Å². The quantitative estimate of drug-likeness (QED) is 0.170. The van der Waals surface area contributed by atoms with E-state index in [1.165, 1.54) is 37.4 Å². The van der Waals surface area contributed by atoms with Crippen LogP contribution in [-0.2, 0) is 10.9 Å². The number of nitrogens with zero attached hydrogens (tertiary/aromatic N) is 3. The molecular weight excluding hydrogens is 658 g/mol. The first-order chi connectivity index (χ1) is 22.5. The van der Waals surface area contributed by atoms with E-state index < -0.39 is 22.8 Å². The lowest BCUT2D eigenvalue weighted by Crippen LogP contribution is -2.51. The predicted molar refractivity (Wildman–Crippen MR) is 174 cm³/mol. The first-order valence-electron chi connectivity index (χ1n) is 15.1. The van der Waals surface area contributed by atoms with Crippen molar-refractivity contribution in [1.29, 1.82) is 0 Å². The summed E-state index contributed by atoms with van der Waals surface area (Å²) in [4.78, 5) is 23.7. The van der Waals surface area contributed by atoms with Gasteiger partial charge in [0.2, 0.25) is 5.88 Å². The fourth-order valence-electron chi connectivity index (χ4n) is 5.68. The summed E-state index contributed by atoms with van der Waals surface area (Å²) in [6, 6.07) is 10.6. The van der Waals surface area contributed by atoms with E-state index >= 15 is 0 Å². The molecule has 6 rings (SSSR count). The number of halogens is 5. The van der Waals surface area contributed by atoms with Crippen LogP contribution in [-0.4, -0.2) is 60.4 Å². The number of rotatable bonds is 9. The number of hydrogen-bond donors (Lipinski definition) is 2. The second kappa shape index (κ2) is 13.7. The van der Waals surface area contributed by atoms with Crippen LogP contribution in [0.5, 0.6) is 17.4 Å². The number of ether oxygens (including phenoxy) is 3. The number of aryl methyl sites for hydroxylation is 1. The number of carbonyl (C=O) groups is 1. The molecule has 4 aromatic rings. The third-order valence-corrected chi connectivity index (χ3v) is 9.08. The second-order valence-electron chi connectivity index (χ2n) is 11.9. The van der Waals surface area contributed by atoms with Crippen LogP contribution >= 0.6 is 23.2 Å². The zero-order valence-electron chi connectivity index (χ0n) is 25.4. The van der Waals surface area contributed by atoms with E-state index in [-0.39, 0.29) is 16.4 Å². The van der Waals surface area contributed by atoms with Crippen LogP contribution < -0.4 is 20.1 Å². The van der Waals surface area contributed by atoms with Gasteiger partial charge in [-0.2, -0.15) is 13.2 Å². The molecule has 1 aromatic heterocycles. The van der Waals surface area contributed by atoms with Gasteiger partial charge in [-0.3, -0.25) is 0 Å². The van der Waals surface area contributed by atoms with Crippen molar-refractivity contribution < 1.29 is 32.2 Å². The van der Waals surface area contributed by atoms with Gasteiger partial charge >= 0.3 is 12.2 Å². The molecule has 47 heavy (non-hydrogen) atoms. The Kier molecular flexibility index (Phi) is 9.65. The number of aromatic nitrogens is 2. The van der Waals surface area contributed by atoms with Gasteiger partial charge in [0.25, 0.3) is 0 Å². The van der Waals surface area contributed by atoms with Crippen LogP contribution in [0.15, 0.2) is 54.9 Å². The summed E-state index contributed by atoms with van der Waals surface area (Å²) >= 11 is 12.0. The van der Waals surface area contributed by atoms with Gasteiger partial charge in [-0.15, -0.1) is 0 Å². The minimum absolute atomic E-state index is 0.0926. The fourth-order valence-corrected chi connectivity index (χ4v) is 6.13. The number of nitrogens with one attached hydrogen (secondary N) is 2. The Hall–Kier alpha value is -3.84. The average Bonchev–Trinajstić information content (AvgIpc) is 3.01. The molecule has 0 radical (unpaired) electrons. The summed E-state index contributed by atoms with van der Waals surface area (Å²) in [6.45, 7) is 7.58. The van der Waals surface area contributed by atoms with Gasteiger partial charge in [-0.05, 0) is 81.2 Å². The lowest BCUT2D eigenvalue weighted by Gasteiger charge is -2.47. The number of likely N-dealkylation sites (tertiary alicyclic amines) is 1. The van der Waals surface area contributed by atoms with Crippen LogP contribution in [0.25, 0.3) is 10.9 Å². The Bertz CT molecular complexity index is 1780. The Morgan fingerprint density at radius 2 is 1.81 bits per heavy atom. The molecule has 2 N–H and O–H groups in total. The van der Waals surface area contributed by atoms with Gasteiger partial charge < -0.3 is 29.7 Å². The van der Waals surface area contributed by atoms with Crippen molar-refractivity contribution in [3.8, 4) is 17.4 Å². The summed E-state index contributed by atoms with van der Waals surface area (Å²) in [5.74, 6) is 1.40. The zero-order chi connectivity index (χ0) is 33.2. The van der Waals surface area contributed by atoms with Crippen molar-refractivity contribution in [2.24, 2.45) is 5.41 Å². The van der Waals surface area contributed by atoms with E-state index in [1.807, 2.05) is 19.1 Å². The summed E-state index contributed by atoms with van der Waals surface area (Å²) in [5.41, 5.74) is 1.05. The first kappa shape index (κ1) is 33.1. The van der Waals surface area contributed by atoms with Crippen molar-refractivity contribution in [2.75, 3.05) is 50.1 Å². The number of carbonyl (C=O) groups excluding carboxylic acids is 1. The maximum absolute atomic E-state index is 13.2. The monoisotopic (exact) mass is 689 g/mol.